The quantitative estimate of drug-likeness (QED) is 0.717. The highest BCUT2D eigenvalue weighted by Gasteiger charge is 2.25. The van der Waals surface area contributed by atoms with Gasteiger partial charge >= 0.3 is 0 Å². The summed E-state index contributed by atoms with van der Waals surface area (Å²) in [6.07, 6.45) is 0. The number of nitrogens with zero attached hydrogens (tertiary/aromatic N) is 2. The molecule has 1 unspecified atom stereocenters. The van der Waals surface area contributed by atoms with Crippen molar-refractivity contribution in [3.8, 4) is 5.75 Å². The molecule has 1 fully saturated rings. The fourth-order valence-electron chi connectivity index (χ4n) is 3.02. The molecule has 1 aliphatic heterocycles. The number of hydrogen-bond donors (Lipinski definition) is 0. The summed E-state index contributed by atoms with van der Waals surface area (Å²) in [6.45, 7) is 5.09. The van der Waals surface area contributed by atoms with Gasteiger partial charge in [-0.3, -0.25) is 4.79 Å². The van der Waals surface area contributed by atoms with Crippen molar-refractivity contribution in [2.24, 2.45) is 0 Å². The van der Waals surface area contributed by atoms with Gasteiger partial charge in [0.25, 0.3) is 0 Å². The normalized spacial score (nSPS) is 15.7. The maximum Gasteiger partial charge on any atom is 0.235 e. The highest BCUT2D eigenvalue weighted by molar-refractivity contribution is 8.00. The lowest BCUT2D eigenvalue weighted by Crippen LogP contribution is -2.50. The van der Waals surface area contributed by atoms with Gasteiger partial charge < -0.3 is 14.5 Å². The van der Waals surface area contributed by atoms with Crippen molar-refractivity contribution in [3.63, 3.8) is 0 Å². The first kappa shape index (κ1) is 18.9. The average Bonchev–Trinajstić information content (AvgIpc) is 2.68. The van der Waals surface area contributed by atoms with Crippen LogP contribution in [0.25, 0.3) is 0 Å². The number of benzene rings is 2. The zero-order chi connectivity index (χ0) is 18.5. The third kappa shape index (κ3) is 4.65. The Morgan fingerprint density at radius 2 is 1.81 bits per heavy atom. The molecule has 6 heteroatoms. The van der Waals surface area contributed by atoms with Crippen LogP contribution in [0.1, 0.15) is 6.92 Å². The van der Waals surface area contributed by atoms with E-state index in [1.807, 2.05) is 54.3 Å². The second-order valence-electron chi connectivity index (χ2n) is 6.23. The summed E-state index contributed by atoms with van der Waals surface area (Å²) in [6, 6.07) is 15.7. The fourth-order valence-corrected chi connectivity index (χ4v) is 4.16. The van der Waals surface area contributed by atoms with Crippen LogP contribution >= 0.6 is 23.4 Å². The highest BCUT2D eigenvalue weighted by Crippen LogP contribution is 2.27. The molecule has 138 valence electrons. The van der Waals surface area contributed by atoms with E-state index in [4.69, 9.17) is 16.3 Å². The van der Waals surface area contributed by atoms with E-state index < -0.39 is 0 Å². The number of carbonyl (C=O) groups is 1. The lowest BCUT2D eigenvalue weighted by molar-refractivity contribution is -0.130. The first-order valence-corrected chi connectivity index (χ1v) is 9.92. The smallest absolute Gasteiger partial charge is 0.235 e. The summed E-state index contributed by atoms with van der Waals surface area (Å²) in [5.74, 6) is 1.02. The van der Waals surface area contributed by atoms with E-state index >= 15 is 0 Å². The minimum absolute atomic E-state index is 0.110. The molecule has 0 spiro atoms. The summed E-state index contributed by atoms with van der Waals surface area (Å²) < 4.78 is 5.17. The summed E-state index contributed by atoms with van der Waals surface area (Å²) in [5.41, 5.74) is 1.12. The molecule has 0 aromatic heterocycles. The van der Waals surface area contributed by atoms with Crippen LogP contribution < -0.4 is 9.64 Å². The number of carbonyl (C=O) groups excluding carboxylic acids is 1. The van der Waals surface area contributed by atoms with Crippen LogP contribution in [0.2, 0.25) is 5.02 Å². The number of hydrogen-bond acceptors (Lipinski definition) is 4. The van der Waals surface area contributed by atoms with E-state index in [-0.39, 0.29) is 11.2 Å². The third-order valence-corrected chi connectivity index (χ3v) is 5.82. The Labute approximate surface area is 164 Å². The number of anilines is 1. The van der Waals surface area contributed by atoms with Crippen LogP contribution in [0.4, 0.5) is 5.69 Å². The Hall–Kier alpha value is -1.85. The molecule has 1 amide bonds. The molecular weight excluding hydrogens is 368 g/mol. The molecule has 1 aliphatic rings. The number of amides is 1. The predicted molar refractivity (Wildman–Crippen MR) is 109 cm³/mol. The van der Waals surface area contributed by atoms with Crippen LogP contribution in [0.15, 0.2) is 53.4 Å². The summed E-state index contributed by atoms with van der Waals surface area (Å²) in [7, 11) is 1.65. The molecule has 4 nitrogen and oxygen atoms in total. The van der Waals surface area contributed by atoms with Crippen LogP contribution in [0.5, 0.6) is 5.75 Å². The summed E-state index contributed by atoms with van der Waals surface area (Å²) >= 11 is 7.66. The van der Waals surface area contributed by atoms with Gasteiger partial charge in [0.15, 0.2) is 0 Å². The van der Waals surface area contributed by atoms with Crippen LogP contribution in [-0.2, 0) is 4.79 Å². The third-order valence-electron chi connectivity index (χ3n) is 4.48. The van der Waals surface area contributed by atoms with E-state index in [9.17, 15) is 4.79 Å². The van der Waals surface area contributed by atoms with Crippen molar-refractivity contribution < 1.29 is 9.53 Å². The average molecular weight is 391 g/mol. The van der Waals surface area contributed by atoms with Crippen molar-refractivity contribution in [3.05, 3.63) is 53.6 Å². The Morgan fingerprint density at radius 1 is 1.12 bits per heavy atom. The van der Waals surface area contributed by atoms with E-state index in [2.05, 4.69) is 11.0 Å². The first-order chi connectivity index (χ1) is 12.6. The summed E-state index contributed by atoms with van der Waals surface area (Å²) in [5, 5.41) is 0.631. The van der Waals surface area contributed by atoms with E-state index in [0.29, 0.717) is 0 Å². The molecule has 1 saturated heterocycles. The van der Waals surface area contributed by atoms with Crippen LogP contribution in [-0.4, -0.2) is 49.3 Å². The van der Waals surface area contributed by atoms with Gasteiger partial charge in [-0.25, -0.2) is 0 Å². The van der Waals surface area contributed by atoms with Gasteiger partial charge in [0.05, 0.1) is 12.4 Å². The number of thioether (sulfide) groups is 1. The molecule has 0 radical (unpaired) electrons. The SMILES string of the molecule is COc1ccc(SC(C)C(=O)N2CCN(c3cccc(Cl)c3)CC2)cc1. The minimum atomic E-state index is -0.110. The molecule has 0 bridgehead atoms. The monoisotopic (exact) mass is 390 g/mol. The standard InChI is InChI=1S/C20H23ClN2O2S/c1-15(26-19-8-6-18(25-2)7-9-19)20(24)23-12-10-22(11-13-23)17-5-3-4-16(21)14-17/h3-9,14-15H,10-13H2,1-2H3. The van der Waals surface area contributed by atoms with Gasteiger partial charge in [0.1, 0.15) is 5.75 Å². The summed E-state index contributed by atoms with van der Waals surface area (Å²) in [4.78, 5) is 18.1. The van der Waals surface area contributed by atoms with E-state index in [1.165, 1.54) is 0 Å². The maximum atomic E-state index is 12.8. The van der Waals surface area contributed by atoms with Gasteiger partial charge in [0.2, 0.25) is 5.91 Å². The largest absolute Gasteiger partial charge is 0.497 e. The molecule has 0 N–H and O–H groups in total. The molecule has 2 aromatic rings. The number of halogens is 1. The van der Waals surface area contributed by atoms with Crippen molar-refractivity contribution in [1.82, 2.24) is 4.90 Å². The molecule has 0 aliphatic carbocycles. The second-order valence-corrected chi connectivity index (χ2v) is 8.08. The lowest BCUT2D eigenvalue weighted by atomic mass is 10.2. The number of ether oxygens (including phenoxy) is 1. The molecule has 1 heterocycles. The topological polar surface area (TPSA) is 32.8 Å². The van der Waals surface area contributed by atoms with E-state index in [0.717, 1.165) is 47.5 Å². The van der Waals surface area contributed by atoms with Gasteiger partial charge in [-0.2, -0.15) is 0 Å². The molecule has 3 rings (SSSR count). The van der Waals surface area contributed by atoms with E-state index in [1.54, 1.807) is 18.9 Å². The van der Waals surface area contributed by atoms with Gasteiger partial charge in [-0.05, 0) is 49.4 Å². The van der Waals surface area contributed by atoms with Gasteiger partial charge in [-0.1, -0.05) is 17.7 Å². The van der Waals surface area contributed by atoms with Crippen molar-refractivity contribution >= 4 is 35.0 Å². The van der Waals surface area contributed by atoms with Crippen LogP contribution in [0.3, 0.4) is 0 Å². The number of rotatable bonds is 5. The maximum absolute atomic E-state index is 12.8. The molecule has 26 heavy (non-hydrogen) atoms. The molecule has 1 atom stereocenters. The number of methoxy groups -OCH3 is 1. The Balaban J connectivity index is 1.53. The lowest BCUT2D eigenvalue weighted by Gasteiger charge is -2.37. The Bertz CT molecular complexity index is 746. The van der Waals surface area contributed by atoms with Crippen molar-refractivity contribution in [1.29, 1.82) is 0 Å². The molecular formula is C20H23ClN2O2S. The van der Waals surface area contributed by atoms with Gasteiger partial charge in [0, 0.05) is 41.8 Å². The Morgan fingerprint density at radius 3 is 2.42 bits per heavy atom. The zero-order valence-corrected chi connectivity index (χ0v) is 16.6. The van der Waals surface area contributed by atoms with Crippen LogP contribution in [0, 0.1) is 0 Å². The highest BCUT2D eigenvalue weighted by atomic mass is 35.5. The van der Waals surface area contributed by atoms with Crippen molar-refractivity contribution in [2.45, 2.75) is 17.1 Å². The Kier molecular flexibility index (Phi) is 6.33. The van der Waals surface area contributed by atoms with Gasteiger partial charge in [-0.15, -0.1) is 11.8 Å². The molecule has 2 aromatic carbocycles. The molecule has 0 saturated carbocycles. The number of piperazine rings is 1. The van der Waals surface area contributed by atoms with Crippen molar-refractivity contribution in [2.75, 3.05) is 38.2 Å². The minimum Gasteiger partial charge on any atom is -0.497 e. The zero-order valence-electron chi connectivity index (χ0n) is 15.0. The second kappa shape index (κ2) is 8.69. The first-order valence-electron chi connectivity index (χ1n) is 8.67. The predicted octanol–water partition coefficient (Wildman–Crippen LogP) is 4.18. The fraction of sp³-hybridized carbons (Fsp3) is 0.350.